The van der Waals surface area contributed by atoms with Crippen molar-refractivity contribution in [2.75, 3.05) is 0 Å². The lowest BCUT2D eigenvalue weighted by atomic mass is 9.76. The van der Waals surface area contributed by atoms with E-state index in [4.69, 9.17) is 63.7 Å². The van der Waals surface area contributed by atoms with Gasteiger partial charge in [-0.15, -0.1) is 52.7 Å². The summed E-state index contributed by atoms with van der Waals surface area (Å²) >= 11 is 31.8. The molecule has 9 rings (SSSR count). The van der Waals surface area contributed by atoms with Gasteiger partial charge in [-0.1, -0.05) is 106 Å². The van der Waals surface area contributed by atoms with Crippen LogP contribution in [0.1, 0.15) is 142 Å². The molecule has 488 valence electrons. The highest BCUT2D eigenvalue weighted by molar-refractivity contribution is 9.10. The van der Waals surface area contributed by atoms with Crippen molar-refractivity contribution in [3.63, 3.8) is 0 Å². The molecule has 0 radical (unpaired) electrons. The van der Waals surface area contributed by atoms with Crippen LogP contribution in [0.25, 0.3) is 0 Å². The van der Waals surface area contributed by atoms with Crippen LogP contribution in [-0.2, 0) is 25.5 Å². The molecule has 0 bridgehead atoms. The maximum absolute atomic E-state index is 12.3. The summed E-state index contributed by atoms with van der Waals surface area (Å²) in [7, 11) is 0. The number of carbonyl (C=O) groups excluding carboxylic acids is 3. The molecular formula is C59H56BrCl5F12N2O10. The molecule has 4 saturated carbocycles. The van der Waals surface area contributed by atoms with E-state index in [1.54, 1.807) is 6.07 Å². The van der Waals surface area contributed by atoms with Gasteiger partial charge in [0, 0.05) is 77.6 Å². The van der Waals surface area contributed by atoms with Crippen molar-refractivity contribution in [2.24, 2.45) is 5.73 Å². The van der Waals surface area contributed by atoms with E-state index in [9.17, 15) is 82.3 Å². The minimum atomic E-state index is -4.96. The number of benzene rings is 5. The van der Waals surface area contributed by atoms with Gasteiger partial charge >= 0.3 is 31.0 Å². The monoisotopic (exact) mass is 1430 g/mol. The molecule has 89 heavy (non-hydrogen) atoms. The Morgan fingerprint density at radius 2 is 0.944 bits per heavy atom. The summed E-state index contributed by atoms with van der Waals surface area (Å²) in [5.74, 6) is -2.75. The largest absolute Gasteiger partial charge is 0.573 e. The normalized spacial score (nSPS) is 21.4. The number of aliphatic hydroxyl groups is 1. The van der Waals surface area contributed by atoms with Crippen LogP contribution in [0.4, 0.5) is 52.7 Å². The number of aryl methyl sites for hydroxylation is 1. The molecule has 30 heteroatoms. The molecule has 0 heterocycles. The third kappa shape index (κ3) is 23.7. The summed E-state index contributed by atoms with van der Waals surface area (Å²) in [5.41, 5.74) is 6.20. The molecule has 5 aromatic rings. The highest BCUT2D eigenvalue weighted by Gasteiger charge is 2.53. The zero-order valence-electron chi connectivity index (χ0n) is 46.7. The van der Waals surface area contributed by atoms with E-state index >= 15 is 0 Å². The van der Waals surface area contributed by atoms with Crippen molar-refractivity contribution < 1.29 is 96.0 Å². The van der Waals surface area contributed by atoms with Crippen LogP contribution in [0, 0.1) is 17.0 Å². The van der Waals surface area contributed by atoms with Gasteiger partial charge in [-0.05, 0) is 165 Å². The van der Waals surface area contributed by atoms with Gasteiger partial charge in [-0.25, -0.2) is 0 Å². The number of hydrogen-bond donors (Lipinski definition) is 2. The van der Waals surface area contributed by atoms with E-state index < -0.39 is 59.1 Å². The third-order valence-electron chi connectivity index (χ3n) is 14.3. The van der Waals surface area contributed by atoms with Crippen LogP contribution in [0.5, 0.6) is 23.0 Å². The second-order valence-corrected chi connectivity index (χ2v) is 24.1. The molecule has 4 aliphatic rings. The van der Waals surface area contributed by atoms with Gasteiger partial charge in [-0.3, -0.25) is 24.5 Å². The average Bonchev–Trinajstić information content (AvgIpc) is 1.24. The van der Waals surface area contributed by atoms with Crippen LogP contribution >= 0.6 is 73.9 Å². The number of nitrogens with zero attached hydrogens (tertiary/aromatic N) is 1. The lowest BCUT2D eigenvalue weighted by molar-refractivity contribution is -0.563. The number of ether oxygens (including phenoxy) is 4. The highest BCUT2D eigenvalue weighted by atomic mass is 79.9. The van der Waals surface area contributed by atoms with Crippen LogP contribution in [0.15, 0.2) is 95.5 Å². The maximum Gasteiger partial charge on any atom is 0.573 e. The molecular weight excluding hydrogens is 1380 g/mol. The Morgan fingerprint density at radius 1 is 0.517 bits per heavy atom. The first-order chi connectivity index (χ1) is 41.2. The second kappa shape index (κ2) is 31.8. The summed E-state index contributed by atoms with van der Waals surface area (Å²) < 4.78 is 161. The van der Waals surface area contributed by atoms with Crippen LogP contribution in [0.3, 0.4) is 0 Å². The minimum Gasteiger partial charge on any atom is -0.406 e. The van der Waals surface area contributed by atoms with E-state index in [1.165, 1.54) is 30.3 Å². The Morgan fingerprint density at radius 3 is 1.43 bits per heavy atom. The molecule has 0 aliphatic heterocycles. The molecule has 3 N–H and O–H groups in total. The predicted molar refractivity (Wildman–Crippen MR) is 311 cm³/mol. The Bertz CT molecular complexity index is 3250. The summed E-state index contributed by atoms with van der Waals surface area (Å²) in [5, 5.41) is 22.4. The summed E-state index contributed by atoms with van der Waals surface area (Å²) in [6.07, 6.45) is -9.44. The Labute approximate surface area is 535 Å². The fourth-order valence-corrected chi connectivity index (χ4v) is 12.3. The van der Waals surface area contributed by atoms with Gasteiger partial charge in [0.05, 0.1) is 6.10 Å². The van der Waals surface area contributed by atoms with Gasteiger partial charge in [-0.2, -0.15) is 0 Å². The molecule has 4 fully saturated rings. The third-order valence-corrected chi connectivity index (χ3v) is 15.8. The first kappa shape index (κ1) is 74.4. The van der Waals surface area contributed by atoms with E-state index in [-0.39, 0.29) is 79.1 Å². The Hall–Kier alpha value is -5.28. The van der Waals surface area contributed by atoms with Crippen molar-refractivity contribution in [1.29, 1.82) is 0 Å². The SMILES string of the molecule is Cc1cc(Cl)cc(C2(N)CCCCC2=O)c1.FC(F)(F)Oc1cc(Cl)cc(Br)c1.O=C1CCCCC1(c1cc(Cl)cc(OC(F)(F)F)c1)[N+](=O)[O-].O=C1CCCCC1c1cc(Cl)cc(OC(F)(F)F)c1.OC1CCCCC1c1cc(Cl)cc(OC(F)(F)F)c1. The first-order valence-electron chi connectivity index (χ1n) is 27.1. The van der Waals surface area contributed by atoms with Gasteiger partial charge in [0.2, 0.25) is 5.78 Å². The van der Waals surface area contributed by atoms with Gasteiger partial charge in [0.25, 0.3) is 0 Å². The van der Waals surface area contributed by atoms with Crippen molar-refractivity contribution in [2.45, 2.75) is 164 Å². The number of ketones is 3. The number of hydrogen-bond acceptors (Lipinski definition) is 11. The van der Waals surface area contributed by atoms with Crippen LogP contribution < -0.4 is 24.7 Å². The molecule has 5 unspecified atom stereocenters. The molecule has 0 aromatic heterocycles. The standard InChI is InChI=1S/C13H11ClF3NO4.C13H14ClF3O2.C13H12ClF3O2.C13H16ClNO.C7H3BrClF3O/c14-9-5-8(6-10(7-9)22-13(15,16)17)12(18(20)21)4-2-1-3-11(12)19;2*14-9-5-8(11-3-1-2-4-12(11)18)6-10(7-9)19-13(15,16)17;1-9-6-10(8-11(14)7-9)13(15)5-3-2-4-12(13)16;8-4-1-5(9)3-6(2-4)13-7(10,11)12/h5-7H,1-4H2;5-7,11-12,18H,1-4H2;5-7,11H,1-4H2;6-8H,2-5,15H2,1H3;1-3H. The summed E-state index contributed by atoms with van der Waals surface area (Å²) in [4.78, 5) is 46.6. The lowest BCUT2D eigenvalue weighted by Crippen LogP contribution is -2.46. The lowest BCUT2D eigenvalue weighted by Gasteiger charge is -2.32. The number of nitro groups is 1. The molecule has 5 atom stereocenters. The predicted octanol–water partition coefficient (Wildman–Crippen LogP) is 19.5. The average molecular weight is 1440 g/mol. The second-order valence-electron chi connectivity index (χ2n) is 21.0. The zero-order chi connectivity index (χ0) is 66.5. The van der Waals surface area contributed by atoms with Crippen molar-refractivity contribution in [1.82, 2.24) is 0 Å². The smallest absolute Gasteiger partial charge is 0.406 e. The number of aliphatic hydroxyl groups excluding tert-OH is 1. The number of carbonyl (C=O) groups is 3. The molecule has 12 nitrogen and oxygen atoms in total. The van der Waals surface area contributed by atoms with Crippen molar-refractivity contribution >= 4 is 91.3 Å². The van der Waals surface area contributed by atoms with Crippen LogP contribution in [-0.4, -0.2) is 58.9 Å². The van der Waals surface area contributed by atoms with Gasteiger partial charge < -0.3 is 29.8 Å². The molecule has 5 aromatic carbocycles. The van der Waals surface area contributed by atoms with Crippen molar-refractivity contribution in [3.05, 3.63) is 159 Å². The molecule has 0 saturated heterocycles. The number of alkyl halides is 12. The minimum absolute atomic E-state index is 0.00293. The number of Topliss-reactive ketones (excluding diaryl/α,β-unsaturated/α-hetero) is 3. The summed E-state index contributed by atoms with van der Waals surface area (Å²) in [6.45, 7) is 1.96. The Balaban J connectivity index is 0.000000204. The van der Waals surface area contributed by atoms with E-state index in [0.29, 0.717) is 59.1 Å². The fraction of sp³-hybridized carbons (Fsp3) is 0.441. The van der Waals surface area contributed by atoms with Gasteiger partial charge in [0.15, 0.2) is 5.78 Å². The van der Waals surface area contributed by atoms with E-state index in [1.807, 2.05) is 25.1 Å². The number of halogens is 18. The van der Waals surface area contributed by atoms with Gasteiger partial charge in [0.1, 0.15) is 34.3 Å². The van der Waals surface area contributed by atoms with Crippen LogP contribution in [0.2, 0.25) is 25.1 Å². The molecule has 0 spiro atoms. The first-order valence-corrected chi connectivity index (χ1v) is 29.8. The van der Waals surface area contributed by atoms with E-state index in [2.05, 4.69) is 34.9 Å². The quantitative estimate of drug-likeness (QED) is 0.0815. The highest BCUT2D eigenvalue weighted by Crippen LogP contribution is 2.43. The van der Waals surface area contributed by atoms with E-state index in [0.717, 1.165) is 98.9 Å². The Kier molecular flexibility index (Phi) is 26.6. The summed E-state index contributed by atoms with van der Waals surface area (Å²) in [6, 6.07) is 20.1. The molecule has 4 aliphatic carbocycles. The number of rotatable bonds is 9. The maximum atomic E-state index is 12.3. The topological polar surface area (TPSA) is 178 Å². The zero-order valence-corrected chi connectivity index (χ0v) is 52.0. The molecule has 0 amide bonds. The fourth-order valence-electron chi connectivity index (χ4n) is 10.5. The van der Waals surface area contributed by atoms with Crippen molar-refractivity contribution in [3.8, 4) is 23.0 Å². The number of nitrogens with two attached hydrogens (primary N) is 1.